The number of hydrogen-bond acceptors (Lipinski definition) is 6. The normalized spacial score (nSPS) is 18.5. The Bertz CT molecular complexity index is 1240. The molecule has 1 aliphatic rings. The first-order valence-electron chi connectivity index (χ1n) is 14.2. The first-order valence-corrected chi connectivity index (χ1v) is 14.2. The van der Waals surface area contributed by atoms with Gasteiger partial charge in [0.15, 0.2) is 11.5 Å². The van der Waals surface area contributed by atoms with Gasteiger partial charge >= 0.3 is 0 Å². The monoisotopic (exact) mass is 544 g/mol. The van der Waals surface area contributed by atoms with Crippen LogP contribution >= 0.6 is 0 Å². The molecule has 3 aromatic carbocycles. The van der Waals surface area contributed by atoms with Gasteiger partial charge in [0.25, 0.3) is 0 Å². The fourth-order valence-electron chi connectivity index (χ4n) is 5.57. The van der Waals surface area contributed by atoms with Gasteiger partial charge < -0.3 is 24.6 Å². The van der Waals surface area contributed by atoms with Crippen LogP contribution in [0.15, 0.2) is 83.9 Å². The minimum atomic E-state index is -0.490. The van der Waals surface area contributed by atoms with Gasteiger partial charge in [0.1, 0.15) is 11.9 Å². The Morgan fingerprint density at radius 3 is 2.05 bits per heavy atom. The average molecular weight is 545 g/mol. The molecule has 6 heteroatoms. The van der Waals surface area contributed by atoms with Gasteiger partial charge in [-0.2, -0.15) is 0 Å². The Morgan fingerprint density at radius 1 is 0.800 bits per heavy atom. The summed E-state index contributed by atoms with van der Waals surface area (Å²) in [4.78, 5) is 5.47. The standard InChI is InChI=1S/C34H44N2O4/c1-33(2,3)40-23-21-34(20-12-13-22-37,27-18-19-28(38-4)29(24-27)39-5)32-35-30(25-14-8-6-9-15-25)31(36-32)26-16-10-7-11-17-26/h6-11,14-19,24,30-31,37H,12-13,20-23H2,1-5H3,(H,35,36)/t30-,31-,34+/m0/s1. The third-order valence-electron chi connectivity index (χ3n) is 7.64. The number of aliphatic hydroxyl groups excluding tert-OH is 1. The number of unbranched alkanes of at least 4 members (excludes halogenated alkanes) is 1. The molecule has 1 heterocycles. The van der Waals surface area contributed by atoms with Crippen LogP contribution in [0.4, 0.5) is 0 Å². The van der Waals surface area contributed by atoms with E-state index in [9.17, 15) is 5.11 Å². The van der Waals surface area contributed by atoms with Gasteiger partial charge in [-0.25, -0.2) is 0 Å². The molecule has 214 valence electrons. The SMILES string of the molecule is COc1ccc([C@@](CCCCO)(CCOC(C)(C)C)C2=N[C@@H](c3ccccc3)[C@H](c3ccccc3)N2)cc1OC. The molecular formula is C34H44N2O4. The lowest BCUT2D eigenvalue weighted by Crippen LogP contribution is -2.44. The minimum absolute atomic E-state index is 0.0144. The van der Waals surface area contributed by atoms with Gasteiger partial charge in [-0.1, -0.05) is 66.7 Å². The van der Waals surface area contributed by atoms with Gasteiger partial charge in [-0.3, -0.25) is 4.99 Å². The molecule has 0 saturated carbocycles. The average Bonchev–Trinajstić information content (AvgIpc) is 3.42. The second-order valence-corrected chi connectivity index (χ2v) is 11.4. The van der Waals surface area contributed by atoms with Crippen LogP contribution in [0.1, 0.15) is 75.2 Å². The number of rotatable bonds is 13. The Hall–Kier alpha value is -3.35. The molecule has 0 amide bonds. The van der Waals surface area contributed by atoms with Crippen molar-refractivity contribution in [1.82, 2.24) is 5.32 Å². The lowest BCUT2D eigenvalue weighted by atomic mass is 9.72. The third-order valence-corrected chi connectivity index (χ3v) is 7.64. The van der Waals surface area contributed by atoms with Gasteiger partial charge in [0.05, 0.1) is 31.3 Å². The summed E-state index contributed by atoms with van der Waals surface area (Å²) in [6.07, 6.45) is 3.07. The Balaban J connectivity index is 1.87. The van der Waals surface area contributed by atoms with E-state index in [0.717, 1.165) is 30.7 Å². The molecular weight excluding hydrogens is 500 g/mol. The number of ether oxygens (including phenoxy) is 3. The van der Waals surface area contributed by atoms with Crippen LogP contribution in [-0.2, 0) is 10.2 Å². The number of methoxy groups -OCH3 is 2. The number of nitrogens with one attached hydrogen (secondary N) is 1. The summed E-state index contributed by atoms with van der Waals surface area (Å²) in [7, 11) is 3.32. The van der Waals surface area contributed by atoms with E-state index < -0.39 is 5.41 Å². The Labute approximate surface area is 239 Å². The second-order valence-electron chi connectivity index (χ2n) is 11.4. The maximum atomic E-state index is 9.71. The summed E-state index contributed by atoms with van der Waals surface area (Å²) in [5.74, 6) is 2.31. The summed E-state index contributed by atoms with van der Waals surface area (Å²) >= 11 is 0. The molecule has 0 saturated heterocycles. The number of benzene rings is 3. The maximum absolute atomic E-state index is 9.71. The van der Waals surface area contributed by atoms with Gasteiger partial charge in [-0.05, 0) is 75.3 Å². The molecule has 6 nitrogen and oxygen atoms in total. The summed E-state index contributed by atoms with van der Waals surface area (Å²) < 4.78 is 17.6. The highest BCUT2D eigenvalue weighted by Crippen LogP contribution is 2.45. The number of nitrogens with zero attached hydrogens (tertiary/aromatic N) is 1. The summed E-state index contributed by atoms with van der Waals surface area (Å²) in [6, 6.07) is 27.1. The molecule has 0 spiro atoms. The molecule has 0 unspecified atom stereocenters. The Kier molecular flexibility index (Phi) is 9.88. The summed E-state index contributed by atoms with van der Waals surface area (Å²) in [6.45, 7) is 6.96. The zero-order valence-electron chi connectivity index (χ0n) is 24.5. The summed E-state index contributed by atoms with van der Waals surface area (Å²) in [5, 5.41) is 13.6. The molecule has 2 N–H and O–H groups in total. The molecule has 4 rings (SSSR count). The van der Waals surface area contributed by atoms with E-state index in [4.69, 9.17) is 19.2 Å². The zero-order valence-corrected chi connectivity index (χ0v) is 24.5. The first kappa shape index (κ1) is 29.6. The zero-order chi connectivity index (χ0) is 28.6. The number of aliphatic imine (C=N–C) groups is 1. The lowest BCUT2D eigenvalue weighted by Gasteiger charge is -2.37. The van der Waals surface area contributed by atoms with E-state index in [2.05, 4.69) is 86.8 Å². The van der Waals surface area contributed by atoms with Crippen LogP contribution < -0.4 is 14.8 Å². The minimum Gasteiger partial charge on any atom is -0.493 e. The molecule has 0 bridgehead atoms. The largest absolute Gasteiger partial charge is 0.493 e. The fourth-order valence-corrected chi connectivity index (χ4v) is 5.57. The molecule has 40 heavy (non-hydrogen) atoms. The van der Waals surface area contributed by atoms with Crippen LogP contribution in [0.2, 0.25) is 0 Å². The fraction of sp³-hybridized carbons (Fsp3) is 0.441. The molecule has 0 radical (unpaired) electrons. The first-order chi connectivity index (χ1) is 19.3. The quantitative estimate of drug-likeness (QED) is 0.232. The van der Waals surface area contributed by atoms with Crippen molar-refractivity contribution in [2.45, 2.75) is 69.6 Å². The van der Waals surface area contributed by atoms with E-state index in [1.165, 1.54) is 11.1 Å². The third kappa shape index (κ3) is 6.86. The number of aliphatic hydroxyl groups is 1. The molecule has 0 fully saturated rings. The van der Waals surface area contributed by atoms with E-state index in [1.54, 1.807) is 14.2 Å². The van der Waals surface area contributed by atoms with Crippen LogP contribution in [0.3, 0.4) is 0 Å². The molecule has 0 aromatic heterocycles. The van der Waals surface area contributed by atoms with Crippen LogP contribution in [-0.4, -0.2) is 44.0 Å². The van der Waals surface area contributed by atoms with Crippen molar-refractivity contribution >= 4 is 5.84 Å². The Morgan fingerprint density at radius 2 is 1.45 bits per heavy atom. The predicted octanol–water partition coefficient (Wildman–Crippen LogP) is 6.79. The van der Waals surface area contributed by atoms with Gasteiger partial charge in [0.2, 0.25) is 0 Å². The second kappa shape index (κ2) is 13.3. The van der Waals surface area contributed by atoms with E-state index in [1.807, 2.05) is 18.2 Å². The van der Waals surface area contributed by atoms with Crippen molar-refractivity contribution in [2.24, 2.45) is 4.99 Å². The molecule has 3 atom stereocenters. The topological polar surface area (TPSA) is 72.3 Å². The van der Waals surface area contributed by atoms with Crippen molar-refractivity contribution in [3.63, 3.8) is 0 Å². The maximum Gasteiger partial charge on any atom is 0.161 e. The van der Waals surface area contributed by atoms with Crippen molar-refractivity contribution < 1.29 is 19.3 Å². The number of amidine groups is 1. The summed E-state index contributed by atoms with van der Waals surface area (Å²) in [5.41, 5.74) is 2.70. The van der Waals surface area contributed by atoms with Gasteiger partial charge in [-0.15, -0.1) is 0 Å². The molecule has 0 aliphatic carbocycles. The van der Waals surface area contributed by atoms with Crippen molar-refractivity contribution in [1.29, 1.82) is 0 Å². The van der Waals surface area contributed by atoms with E-state index in [0.29, 0.717) is 24.5 Å². The number of hydrogen-bond donors (Lipinski definition) is 2. The molecule has 1 aliphatic heterocycles. The molecule has 3 aromatic rings. The van der Waals surface area contributed by atoms with Crippen LogP contribution in [0.5, 0.6) is 11.5 Å². The van der Waals surface area contributed by atoms with Gasteiger partial charge in [0, 0.05) is 13.2 Å². The van der Waals surface area contributed by atoms with E-state index in [-0.39, 0.29) is 24.3 Å². The smallest absolute Gasteiger partial charge is 0.161 e. The lowest BCUT2D eigenvalue weighted by molar-refractivity contribution is -0.00917. The van der Waals surface area contributed by atoms with Crippen LogP contribution in [0.25, 0.3) is 0 Å². The highest BCUT2D eigenvalue weighted by Gasteiger charge is 2.44. The van der Waals surface area contributed by atoms with Crippen molar-refractivity contribution in [3.05, 3.63) is 95.6 Å². The van der Waals surface area contributed by atoms with Crippen LogP contribution in [0, 0.1) is 0 Å². The highest BCUT2D eigenvalue weighted by atomic mass is 16.5. The van der Waals surface area contributed by atoms with Crippen molar-refractivity contribution in [2.75, 3.05) is 27.4 Å². The van der Waals surface area contributed by atoms with Crippen molar-refractivity contribution in [3.8, 4) is 11.5 Å². The highest BCUT2D eigenvalue weighted by molar-refractivity contribution is 5.95. The van der Waals surface area contributed by atoms with E-state index >= 15 is 0 Å². The predicted molar refractivity (Wildman–Crippen MR) is 161 cm³/mol.